The van der Waals surface area contributed by atoms with Crippen LogP contribution in [0.25, 0.3) is 16.9 Å². The number of ether oxygens (including phenoxy) is 1. The molecule has 5 nitrogen and oxygen atoms in total. The third-order valence-corrected chi connectivity index (χ3v) is 4.14. The molecular weight excluding hydrogens is 290 g/mol. The highest BCUT2D eigenvalue weighted by atomic mass is 16.5. The number of aromatic nitrogens is 2. The highest BCUT2D eigenvalue weighted by molar-refractivity contribution is 5.82. The van der Waals surface area contributed by atoms with Crippen LogP contribution in [-0.2, 0) is 14.9 Å². The highest BCUT2D eigenvalue weighted by Gasteiger charge is 2.30. The molecule has 0 spiro atoms. The Morgan fingerprint density at radius 1 is 1.17 bits per heavy atom. The lowest BCUT2D eigenvalue weighted by atomic mass is 9.84. The van der Waals surface area contributed by atoms with Crippen molar-refractivity contribution in [3.63, 3.8) is 0 Å². The molecule has 0 unspecified atom stereocenters. The lowest BCUT2D eigenvalue weighted by molar-refractivity contribution is -0.146. The van der Waals surface area contributed by atoms with Crippen molar-refractivity contribution < 1.29 is 9.53 Å². The largest absolute Gasteiger partial charge is 0.468 e. The quantitative estimate of drug-likeness (QED) is 0.755. The van der Waals surface area contributed by atoms with E-state index in [9.17, 15) is 4.79 Å². The standard InChI is InChI=1S/C18H19N3O2/c1-18(2,17(22)23-3)13-9-7-12(8-10-13)15-16(19)21-11-5-4-6-14(21)20-15/h4-11H,19H2,1-3H3. The second kappa shape index (κ2) is 5.43. The van der Waals surface area contributed by atoms with Gasteiger partial charge in [0.15, 0.2) is 0 Å². The van der Waals surface area contributed by atoms with E-state index >= 15 is 0 Å². The molecule has 0 aliphatic rings. The van der Waals surface area contributed by atoms with Gasteiger partial charge in [-0.15, -0.1) is 0 Å². The van der Waals surface area contributed by atoms with Gasteiger partial charge in [-0.1, -0.05) is 30.3 Å². The normalized spacial score (nSPS) is 11.6. The predicted molar refractivity (Wildman–Crippen MR) is 90.1 cm³/mol. The van der Waals surface area contributed by atoms with Gasteiger partial charge in [0.2, 0.25) is 0 Å². The number of rotatable bonds is 3. The molecule has 3 rings (SSSR count). The Bertz CT molecular complexity index is 864. The van der Waals surface area contributed by atoms with Gasteiger partial charge >= 0.3 is 5.97 Å². The van der Waals surface area contributed by atoms with Gasteiger partial charge < -0.3 is 10.5 Å². The summed E-state index contributed by atoms with van der Waals surface area (Å²) in [5.74, 6) is 0.332. The maximum Gasteiger partial charge on any atom is 0.315 e. The second-order valence-electron chi connectivity index (χ2n) is 5.97. The number of nitrogens with two attached hydrogens (primary N) is 1. The molecule has 23 heavy (non-hydrogen) atoms. The molecule has 0 atom stereocenters. The number of imidazole rings is 1. The van der Waals surface area contributed by atoms with Crippen LogP contribution in [0.2, 0.25) is 0 Å². The Labute approximate surface area is 134 Å². The van der Waals surface area contributed by atoms with Crippen LogP contribution in [0.1, 0.15) is 19.4 Å². The molecular formula is C18H19N3O2. The Morgan fingerprint density at radius 3 is 2.48 bits per heavy atom. The molecule has 118 valence electrons. The molecule has 2 N–H and O–H groups in total. The van der Waals surface area contributed by atoms with Crippen molar-refractivity contribution >= 4 is 17.4 Å². The molecule has 5 heteroatoms. The smallest absolute Gasteiger partial charge is 0.315 e. The Balaban J connectivity index is 2.02. The highest BCUT2D eigenvalue weighted by Crippen LogP contribution is 2.30. The van der Waals surface area contributed by atoms with E-state index in [4.69, 9.17) is 10.5 Å². The number of anilines is 1. The first-order chi connectivity index (χ1) is 10.9. The zero-order chi connectivity index (χ0) is 16.6. The van der Waals surface area contributed by atoms with Crippen LogP contribution in [0.15, 0.2) is 48.7 Å². The van der Waals surface area contributed by atoms with Crippen molar-refractivity contribution in [1.29, 1.82) is 0 Å². The van der Waals surface area contributed by atoms with Crippen molar-refractivity contribution in [1.82, 2.24) is 9.38 Å². The summed E-state index contributed by atoms with van der Waals surface area (Å²) in [5.41, 5.74) is 8.83. The monoisotopic (exact) mass is 309 g/mol. The minimum Gasteiger partial charge on any atom is -0.468 e. The topological polar surface area (TPSA) is 69.6 Å². The summed E-state index contributed by atoms with van der Waals surface area (Å²) in [4.78, 5) is 16.5. The van der Waals surface area contributed by atoms with E-state index in [0.717, 1.165) is 22.5 Å². The van der Waals surface area contributed by atoms with Crippen LogP contribution in [0.3, 0.4) is 0 Å². The van der Waals surface area contributed by atoms with Crippen LogP contribution in [-0.4, -0.2) is 22.5 Å². The van der Waals surface area contributed by atoms with Crippen LogP contribution < -0.4 is 5.73 Å². The fourth-order valence-corrected chi connectivity index (χ4v) is 2.65. The SMILES string of the molecule is COC(=O)C(C)(C)c1ccc(-c2nc3ccccn3c2N)cc1. The number of nitrogen functional groups attached to an aromatic ring is 1. The average Bonchev–Trinajstić information content (AvgIpc) is 2.91. The molecule has 0 fully saturated rings. The van der Waals surface area contributed by atoms with E-state index in [1.807, 2.05) is 66.9 Å². The Kier molecular flexibility index (Phi) is 3.56. The molecule has 0 amide bonds. The molecule has 0 radical (unpaired) electrons. The van der Waals surface area contributed by atoms with E-state index < -0.39 is 5.41 Å². The summed E-state index contributed by atoms with van der Waals surface area (Å²) in [6.45, 7) is 3.68. The summed E-state index contributed by atoms with van der Waals surface area (Å²) >= 11 is 0. The van der Waals surface area contributed by atoms with Gasteiger partial charge in [-0.3, -0.25) is 9.20 Å². The fraction of sp³-hybridized carbons (Fsp3) is 0.222. The van der Waals surface area contributed by atoms with Gasteiger partial charge in [0.05, 0.1) is 12.5 Å². The first kappa shape index (κ1) is 15.1. The zero-order valence-corrected chi connectivity index (χ0v) is 13.4. The molecule has 0 saturated heterocycles. The molecule has 0 aliphatic heterocycles. The number of methoxy groups -OCH3 is 1. The summed E-state index contributed by atoms with van der Waals surface area (Å²) in [6, 6.07) is 13.4. The van der Waals surface area contributed by atoms with E-state index in [0.29, 0.717) is 5.82 Å². The first-order valence-corrected chi connectivity index (χ1v) is 7.37. The van der Waals surface area contributed by atoms with Crippen LogP contribution >= 0.6 is 0 Å². The number of benzene rings is 1. The number of nitrogens with zero attached hydrogens (tertiary/aromatic N) is 2. The van der Waals surface area contributed by atoms with Gasteiger partial charge in [-0.2, -0.15) is 0 Å². The van der Waals surface area contributed by atoms with Crippen molar-refractivity contribution in [2.24, 2.45) is 0 Å². The van der Waals surface area contributed by atoms with Gasteiger partial charge in [0.25, 0.3) is 0 Å². The van der Waals surface area contributed by atoms with Crippen LogP contribution in [0, 0.1) is 0 Å². The number of hydrogen-bond donors (Lipinski definition) is 1. The first-order valence-electron chi connectivity index (χ1n) is 7.37. The van der Waals surface area contributed by atoms with Crippen LogP contribution in [0.5, 0.6) is 0 Å². The molecule has 0 saturated carbocycles. The maximum atomic E-state index is 11.9. The summed E-state index contributed by atoms with van der Waals surface area (Å²) in [5, 5.41) is 0. The third kappa shape index (κ3) is 2.44. The Morgan fingerprint density at radius 2 is 1.87 bits per heavy atom. The van der Waals surface area contributed by atoms with Crippen molar-refractivity contribution in [2.75, 3.05) is 12.8 Å². The number of esters is 1. The number of hydrogen-bond acceptors (Lipinski definition) is 4. The lowest BCUT2D eigenvalue weighted by Gasteiger charge is -2.22. The number of pyridine rings is 1. The molecule has 0 bridgehead atoms. The van der Waals surface area contributed by atoms with Gasteiger partial charge in [-0.25, -0.2) is 4.98 Å². The summed E-state index contributed by atoms with van der Waals surface area (Å²) < 4.78 is 6.72. The summed E-state index contributed by atoms with van der Waals surface area (Å²) in [6.07, 6.45) is 1.88. The zero-order valence-electron chi connectivity index (χ0n) is 13.4. The molecule has 0 aliphatic carbocycles. The lowest BCUT2D eigenvalue weighted by Crippen LogP contribution is -2.30. The minimum atomic E-state index is -0.697. The van der Waals surface area contributed by atoms with E-state index in [1.54, 1.807) is 0 Å². The van der Waals surface area contributed by atoms with E-state index in [1.165, 1.54) is 7.11 Å². The number of carbonyl (C=O) groups is 1. The maximum absolute atomic E-state index is 11.9. The fourth-order valence-electron chi connectivity index (χ4n) is 2.65. The van der Waals surface area contributed by atoms with Gasteiger partial charge in [0, 0.05) is 11.8 Å². The summed E-state index contributed by atoms with van der Waals surface area (Å²) in [7, 11) is 1.40. The second-order valence-corrected chi connectivity index (χ2v) is 5.97. The van der Waals surface area contributed by atoms with Crippen LogP contribution in [0.4, 0.5) is 5.82 Å². The number of carbonyl (C=O) groups excluding carboxylic acids is 1. The Hall–Kier alpha value is -2.82. The third-order valence-electron chi connectivity index (χ3n) is 4.14. The molecule has 1 aromatic carbocycles. The van der Waals surface area contributed by atoms with E-state index in [-0.39, 0.29) is 5.97 Å². The molecule has 2 aromatic heterocycles. The van der Waals surface area contributed by atoms with Gasteiger partial charge in [-0.05, 0) is 31.5 Å². The average molecular weight is 309 g/mol. The van der Waals surface area contributed by atoms with Gasteiger partial charge in [0.1, 0.15) is 17.2 Å². The van der Waals surface area contributed by atoms with E-state index in [2.05, 4.69) is 4.98 Å². The van der Waals surface area contributed by atoms with Crippen molar-refractivity contribution in [3.05, 3.63) is 54.2 Å². The minimum absolute atomic E-state index is 0.266. The molecule has 2 heterocycles. The van der Waals surface area contributed by atoms with Crippen molar-refractivity contribution in [2.45, 2.75) is 19.3 Å². The number of fused-ring (bicyclic) bond motifs is 1. The molecule has 3 aromatic rings. The predicted octanol–water partition coefficient (Wildman–Crippen LogP) is 3.03. The van der Waals surface area contributed by atoms with Crippen molar-refractivity contribution in [3.8, 4) is 11.3 Å².